The summed E-state index contributed by atoms with van der Waals surface area (Å²) >= 11 is 1.47. The molecule has 24 heavy (non-hydrogen) atoms. The molecule has 0 atom stereocenters. The third-order valence-electron chi connectivity index (χ3n) is 4.31. The molecule has 0 unspecified atom stereocenters. The number of likely N-dealkylation sites (tertiary alicyclic amines) is 1. The average molecular weight is 346 g/mol. The first-order chi connectivity index (χ1) is 11.7. The Hall–Kier alpha value is -2.15. The molecule has 2 amide bonds. The number of thiophene rings is 1. The molecule has 2 aromatic heterocycles. The summed E-state index contributed by atoms with van der Waals surface area (Å²) in [6.07, 6.45) is 6.01. The topological polar surface area (TPSA) is 67.2 Å². The van der Waals surface area contributed by atoms with Crippen LogP contribution < -0.4 is 5.32 Å². The van der Waals surface area contributed by atoms with Gasteiger partial charge in [0.05, 0.1) is 4.88 Å². The zero-order valence-electron chi connectivity index (χ0n) is 13.6. The van der Waals surface area contributed by atoms with Crippen molar-refractivity contribution in [2.75, 3.05) is 19.6 Å². The third kappa shape index (κ3) is 4.23. The number of nitrogens with zero attached hydrogens (tertiary/aromatic N) is 3. The Morgan fingerprint density at radius 2 is 2.12 bits per heavy atom. The first-order valence-corrected chi connectivity index (χ1v) is 9.20. The van der Waals surface area contributed by atoms with E-state index in [1.54, 1.807) is 6.20 Å². The second-order valence-electron chi connectivity index (χ2n) is 5.96. The molecule has 0 spiro atoms. The molecule has 2 aromatic rings. The van der Waals surface area contributed by atoms with Gasteiger partial charge in [0.15, 0.2) is 0 Å². The summed E-state index contributed by atoms with van der Waals surface area (Å²) in [6.45, 7) is 2.78. The van der Waals surface area contributed by atoms with Crippen LogP contribution in [0.25, 0.3) is 0 Å². The van der Waals surface area contributed by atoms with Gasteiger partial charge in [-0.05, 0) is 36.8 Å². The molecule has 1 aliphatic rings. The maximum absolute atomic E-state index is 12.3. The molecule has 6 nitrogen and oxygen atoms in total. The highest BCUT2D eigenvalue weighted by molar-refractivity contribution is 7.12. The normalized spacial score (nSPS) is 15.4. The summed E-state index contributed by atoms with van der Waals surface area (Å²) < 4.78 is 1.86. The second kappa shape index (κ2) is 8.10. The Bertz CT molecular complexity index is 646. The molecule has 3 heterocycles. The zero-order valence-corrected chi connectivity index (χ0v) is 14.4. The van der Waals surface area contributed by atoms with Crippen molar-refractivity contribution in [2.24, 2.45) is 5.92 Å². The highest BCUT2D eigenvalue weighted by Crippen LogP contribution is 2.20. The Morgan fingerprint density at radius 1 is 1.29 bits per heavy atom. The van der Waals surface area contributed by atoms with Gasteiger partial charge in [-0.15, -0.1) is 11.3 Å². The van der Waals surface area contributed by atoms with Gasteiger partial charge in [-0.3, -0.25) is 14.3 Å². The predicted octanol–water partition coefficient (Wildman–Crippen LogP) is 2.00. The van der Waals surface area contributed by atoms with Gasteiger partial charge in [0.25, 0.3) is 5.91 Å². The fourth-order valence-electron chi connectivity index (χ4n) is 2.93. The van der Waals surface area contributed by atoms with Crippen molar-refractivity contribution < 1.29 is 9.59 Å². The van der Waals surface area contributed by atoms with Crippen molar-refractivity contribution in [3.8, 4) is 0 Å². The highest BCUT2D eigenvalue weighted by Gasteiger charge is 2.27. The van der Waals surface area contributed by atoms with Gasteiger partial charge < -0.3 is 10.2 Å². The van der Waals surface area contributed by atoms with Crippen LogP contribution in [0.1, 0.15) is 28.9 Å². The molecule has 0 bridgehead atoms. The van der Waals surface area contributed by atoms with E-state index in [1.165, 1.54) is 11.3 Å². The number of hydrogen-bond acceptors (Lipinski definition) is 4. The van der Waals surface area contributed by atoms with Crippen molar-refractivity contribution in [1.82, 2.24) is 20.0 Å². The monoisotopic (exact) mass is 346 g/mol. The molecule has 1 aliphatic heterocycles. The van der Waals surface area contributed by atoms with Gasteiger partial charge in [0.2, 0.25) is 5.91 Å². The quantitative estimate of drug-likeness (QED) is 0.814. The number of carbonyl (C=O) groups is 2. The molecule has 0 aromatic carbocycles. The molecule has 1 saturated heterocycles. The van der Waals surface area contributed by atoms with Gasteiger partial charge >= 0.3 is 0 Å². The highest BCUT2D eigenvalue weighted by atomic mass is 32.1. The summed E-state index contributed by atoms with van der Waals surface area (Å²) in [4.78, 5) is 27.1. The van der Waals surface area contributed by atoms with Gasteiger partial charge in [-0.2, -0.15) is 5.10 Å². The van der Waals surface area contributed by atoms with E-state index in [4.69, 9.17) is 0 Å². The number of nitrogens with one attached hydrogen (secondary N) is 1. The SMILES string of the molecule is O=C(NCCCn1cccn1)C1CCN(C(=O)c2cccs2)CC1. The molecule has 0 saturated carbocycles. The average Bonchev–Trinajstić information content (AvgIpc) is 3.31. The molecule has 3 rings (SSSR count). The van der Waals surface area contributed by atoms with Crippen molar-refractivity contribution in [3.63, 3.8) is 0 Å². The minimum atomic E-state index is 0.0158. The smallest absolute Gasteiger partial charge is 0.263 e. The molecule has 1 fully saturated rings. The van der Waals surface area contributed by atoms with Crippen LogP contribution in [-0.4, -0.2) is 46.1 Å². The van der Waals surface area contributed by atoms with Crippen LogP contribution in [0.3, 0.4) is 0 Å². The van der Waals surface area contributed by atoms with Crippen molar-refractivity contribution in [2.45, 2.75) is 25.8 Å². The van der Waals surface area contributed by atoms with E-state index >= 15 is 0 Å². The van der Waals surface area contributed by atoms with Crippen LogP contribution in [0.2, 0.25) is 0 Å². The number of aryl methyl sites for hydroxylation is 1. The second-order valence-corrected chi connectivity index (χ2v) is 6.91. The molecular formula is C17H22N4O2S. The molecule has 1 N–H and O–H groups in total. The van der Waals surface area contributed by atoms with Gasteiger partial charge in [0.1, 0.15) is 0 Å². The lowest BCUT2D eigenvalue weighted by Gasteiger charge is -2.31. The Kier molecular flexibility index (Phi) is 5.63. The van der Waals surface area contributed by atoms with E-state index in [1.807, 2.05) is 39.4 Å². The van der Waals surface area contributed by atoms with Crippen LogP contribution in [0.5, 0.6) is 0 Å². The minimum Gasteiger partial charge on any atom is -0.356 e. The lowest BCUT2D eigenvalue weighted by atomic mass is 9.95. The first kappa shape index (κ1) is 16.7. The van der Waals surface area contributed by atoms with E-state index in [-0.39, 0.29) is 17.7 Å². The number of amides is 2. The minimum absolute atomic E-state index is 0.0158. The Labute approximate surface area is 145 Å². The maximum atomic E-state index is 12.3. The van der Waals surface area contributed by atoms with Crippen LogP contribution in [0.4, 0.5) is 0 Å². The van der Waals surface area contributed by atoms with Crippen LogP contribution in [0.15, 0.2) is 36.0 Å². The Balaban J connectivity index is 1.36. The van der Waals surface area contributed by atoms with E-state index < -0.39 is 0 Å². The summed E-state index contributed by atoms with van der Waals surface area (Å²) in [5.74, 6) is 0.212. The molecule has 0 aliphatic carbocycles. The summed E-state index contributed by atoms with van der Waals surface area (Å²) in [5, 5.41) is 9.05. The van der Waals surface area contributed by atoms with Crippen LogP contribution in [-0.2, 0) is 11.3 Å². The number of aromatic nitrogens is 2. The summed E-state index contributed by atoms with van der Waals surface area (Å²) in [7, 11) is 0. The molecule has 128 valence electrons. The number of rotatable bonds is 6. The standard InChI is InChI=1S/C17H22N4O2S/c22-16(18-7-2-9-21-10-3-8-19-21)14-5-11-20(12-6-14)17(23)15-4-1-13-24-15/h1,3-4,8,10,13-14H,2,5-7,9,11-12H2,(H,18,22). The number of piperidine rings is 1. The first-order valence-electron chi connectivity index (χ1n) is 8.32. The number of hydrogen-bond donors (Lipinski definition) is 1. The lowest BCUT2D eigenvalue weighted by molar-refractivity contribution is -0.126. The zero-order chi connectivity index (χ0) is 16.8. The van der Waals surface area contributed by atoms with Gasteiger partial charge in [-0.1, -0.05) is 6.07 Å². The van der Waals surface area contributed by atoms with E-state index in [9.17, 15) is 9.59 Å². The van der Waals surface area contributed by atoms with Gasteiger partial charge in [-0.25, -0.2) is 0 Å². The lowest BCUT2D eigenvalue weighted by Crippen LogP contribution is -2.43. The van der Waals surface area contributed by atoms with Crippen LogP contribution in [0, 0.1) is 5.92 Å². The maximum Gasteiger partial charge on any atom is 0.263 e. The molecular weight excluding hydrogens is 324 g/mol. The fraction of sp³-hybridized carbons (Fsp3) is 0.471. The van der Waals surface area contributed by atoms with E-state index in [0.29, 0.717) is 19.6 Å². The summed E-state index contributed by atoms with van der Waals surface area (Å²) in [6, 6.07) is 5.64. The molecule has 0 radical (unpaired) electrons. The van der Waals surface area contributed by atoms with Crippen LogP contribution >= 0.6 is 11.3 Å². The third-order valence-corrected chi connectivity index (χ3v) is 5.17. The van der Waals surface area contributed by atoms with Crippen molar-refractivity contribution >= 4 is 23.2 Å². The predicted molar refractivity (Wildman–Crippen MR) is 92.8 cm³/mol. The number of carbonyl (C=O) groups excluding carboxylic acids is 2. The fourth-order valence-corrected chi connectivity index (χ4v) is 3.62. The van der Waals surface area contributed by atoms with E-state index in [2.05, 4.69) is 10.4 Å². The van der Waals surface area contributed by atoms with Crippen molar-refractivity contribution in [3.05, 3.63) is 40.8 Å². The largest absolute Gasteiger partial charge is 0.356 e. The van der Waals surface area contributed by atoms with Crippen molar-refractivity contribution in [1.29, 1.82) is 0 Å². The molecule has 7 heteroatoms. The Morgan fingerprint density at radius 3 is 2.79 bits per heavy atom. The van der Waals surface area contributed by atoms with Gasteiger partial charge in [0, 0.05) is 44.5 Å². The van der Waals surface area contributed by atoms with E-state index in [0.717, 1.165) is 30.7 Å². The summed E-state index contributed by atoms with van der Waals surface area (Å²) in [5.41, 5.74) is 0.